The molecule has 1 aromatic rings. The Morgan fingerprint density at radius 2 is 2.11 bits per heavy atom. The van der Waals surface area contributed by atoms with Crippen molar-refractivity contribution >= 4 is 5.91 Å². The van der Waals surface area contributed by atoms with Gasteiger partial charge in [0.1, 0.15) is 0 Å². The highest BCUT2D eigenvalue weighted by molar-refractivity contribution is 5.83. The summed E-state index contributed by atoms with van der Waals surface area (Å²) in [6.07, 6.45) is 4.10. The van der Waals surface area contributed by atoms with E-state index in [9.17, 15) is 4.79 Å². The van der Waals surface area contributed by atoms with Crippen molar-refractivity contribution in [3.8, 4) is 0 Å². The fraction of sp³-hybridized carbons (Fsp3) is 0.643. The van der Waals surface area contributed by atoms with E-state index in [1.165, 1.54) is 5.69 Å². The van der Waals surface area contributed by atoms with Gasteiger partial charge in [-0.1, -0.05) is 12.8 Å². The molecule has 1 aliphatic rings. The maximum Gasteiger partial charge on any atom is 0.227 e. The highest BCUT2D eigenvalue weighted by atomic mass is 16.2. The monoisotopic (exact) mass is 249 g/mol. The molecule has 1 aliphatic carbocycles. The largest absolute Gasteiger partial charge is 0.350 e. The molecule has 1 heterocycles. The highest BCUT2D eigenvalue weighted by Crippen LogP contribution is 2.37. The van der Waals surface area contributed by atoms with Gasteiger partial charge in [-0.15, -0.1) is 0 Å². The normalized spacial score (nSPS) is 17.9. The fourth-order valence-corrected chi connectivity index (χ4v) is 2.78. The molecular formula is C14H23N3O. The number of nitrogens with two attached hydrogens (primary N) is 1. The molecule has 1 aromatic heterocycles. The van der Waals surface area contributed by atoms with E-state index in [-0.39, 0.29) is 11.3 Å². The summed E-state index contributed by atoms with van der Waals surface area (Å²) in [7, 11) is 2.02. The second-order valence-corrected chi connectivity index (χ2v) is 5.40. The standard InChI is InChI=1S/C14H23N3O/c1-11-5-6-12(17(11)2)9-16-13(18)14(10-15)7-3-4-8-14/h5-6H,3-4,7-10,15H2,1-2H3,(H,16,18). The van der Waals surface area contributed by atoms with E-state index >= 15 is 0 Å². The third-order valence-corrected chi connectivity index (χ3v) is 4.34. The fourth-order valence-electron chi connectivity index (χ4n) is 2.78. The highest BCUT2D eigenvalue weighted by Gasteiger charge is 2.39. The number of amides is 1. The van der Waals surface area contributed by atoms with Crippen LogP contribution in [-0.4, -0.2) is 17.0 Å². The Labute approximate surface area is 109 Å². The van der Waals surface area contributed by atoms with Crippen molar-refractivity contribution in [2.75, 3.05) is 6.54 Å². The number of carbonyl (C=O) groups is 1. The van der Waals surface area contributed by atoms with E-state index in [0.29, 0.717) is 13.1 Å². The van der Waals surface area contributed by atoms with Crippen molar-refractivity contribution in [3.63, 3.8) is 0 Å². The SMILES string of the molecule is Cc1ccc(CNC(=O)C2(CN)CCCC2)n1C. The Balaban J connectivity index is 1.98. The zero-order chi connectivity index (χ0) is 13.2. The van der Waals surface area contributed by atoms with Crippen LogP contribution in [0.15, 0.2) is 12.1 Å². The Bertz CT molecular complexity index is 430. The van der Waals surface area contributed by atoms with Gasteiger partial charge in [-0.25, -0.2) is 0 Å². The Morgan fingerprint density at radius 3 is 2.61 bits per heavy atom. The van der Waals surface area contributed by atoms with Crippen LogP contribution in [0, 0.1) is 12.3 Å². The minimum absolute atomic E-state index is 0.126. The van der Waals surface area contributed by atoms with Gasteiger partial charge in [0.25, 0.3) is 0 Å². The third-order valence-electron chi connectivity index (χ3n) is 4.34. The van der Waals surface area contributed by atoms with Gasteiger partial charge in [-0.05, 0) is 31.9 Å². The van der Waals surface area contributed by atoms with Gasteiger partial charge in [0, 0.05) is 25.0 Å². The zero-order valence-corrected chi connectivity index (χ0v) is 11.3. The van der Waals surface area contributed by atoms with Gasteiger partial charge in [-0.2, -0.15) is 0 Å². The molecule has 4 heteroatoms. The summed E-state index contributed by atoms with van der Waals surface area (Å²) in [4.78, 5) is 12.3. The Kier molecular flexibility index (Phi) is 3.76. The summed E-state index contributed by atoms with van der Waals surface area (Å²) >= 11 is 0. The number of carbonyl (C=O) groups excluding carboxylic acids is 1. The molecule has 0 spiro atoms. The van der Waals surface area contributed by atoms with Crippen molar-refractivity contribution in [3.05, 3.63) is 23.5 Å². The number of hydrogen-bond acceptors (Lipinski definition) is 2. The average molecular weight is 249 g/mol. The molecule has 1 amide bonds. The summed E-state index contributed by atoms with van der Waals surface area (Å²) < 4.78 is 2.10. The number of hydrogen-bond donors (Lipinski definition) is 2. The van der Waals surface area contributed by atoms with Crippen molar-refractivity contribution in [2.24, 2.45) is 18.2 Å². The van der Waals surface area contributed by atoms with E-state index in [4.69, 9.17) is 5.73 Å². The maximum absolute atomic E-state index is 12.3. The molecule has 0 radical (unpaired) electrons. The number of nitrogens with zero attached hydrogens (tertiary/aromatic N) is 1. The summed E-state index contributed by atoms with van der Waals surface area (Å²) in [6, 6.07) is 4.12. The molecule has 0 aliphatic heterocycles. The van der Waals surface area contributed by atoms with Crippen molar-refractivity contribution in [1.29, 1.82) is 0 Å². The van der Waals surface area contributed by atoms with Crippen LogP contribution in [-0.2, 0) is 18.4 Å². The number of nitrogens with one attached hydrogen (secondary N) is 1. The predicted molar refractivity (Wildman–Crippen MR) is 72.0 cm³/mol. The van der Waals surface area contributed by atoms with E-state index in [0.717, 1.165) is 31.4 Å². The van der Waals surface area contributed by atoms with Crippen LogP contribution in [0.2, 0.25) is 0 Å². The second kappa shape index (κ2) is 5.14. The van der Waals surface area contributed by atoms with Gasteiger partial charge < -0.3 is 15.6 Å². The van der Waals surface area contributed by atoms with E-state index in [2.05, 4.69) is 28.9 Å². The molecule has 0 unspecified atom stereocenters. The summed E-state index contributed by atoms with van der Waals surface area (Å²) in [6.45, 7) is 3.11. The predicted octanol–water partition coefficient (Wildman–Crippen LogP) is 1.47. The first-order valence-electron chi connectivity index (χ1n) is 6.69. The summed E-state index contributed by atoms with van der Waals surface area (Å²) in [5.74, 6) is 0.126. The van der Waals surface area contributed by atoms with Crippen LogP contribution in [0.3, 0.4) is 0 Å². The van der Waals surface area contributed by atoms with Gasteiger partial charge in [0.05, 0.1) is 12.0 Å². The zero-order valence-electron chi connectivity index (χ0n) is 11.3. The van der Waals surface area contributed by atoms with Crippen molar-refractivity contribution in [2.45, 2.75) is 39.2 Å². The topological polar surface area (TPSA) is 60.1 Å². The third kappa shape index (κ3) is 2.29. The van der Waals surface area contributed by atoms with Crippen LogP contribution >= 0.6 is 0 Å². The van der Waals surface area contributed by atoms with Crippen LogP contribution in [0.25, 0.3) is 0 Å². The first-order chi connectivity index (χ1) is 8.59. The number of rotatable bonds is 4. The molecule has 0 aromatic carbocycles. The van der Waals surface area contributed by atoms with Gasteiger partial charge in [0.15, 0.2) is 0 Å². The molecule has 18 heavy (non-hydrogen) atoms. The van der Waals surface area contributed by atoms with Crippen LogP contribution in [0.1, 0.15) is 37.1 Å². The van der Waals surface area contributed by atoms with Crippen molar-refractivity contribution in [1.82, 2.24) is 9.88 Å². The number of aryl methyl sites for hydroxylation is 1. The average Bonchev–Trinajstić information content (AvgIpc) is 2.97. The van der Waals surface area contributed by atoms with Crippen LogP contribution < -0.4 is 11.1 Å². The number of aromatic nitrogens is 1. The molecule has 0 bridgehead atoms. The molecule has 0 atom stereocenters. The maximum atomic E-state index is 12.3. The molecule has 0 saturated heterocycles. The molecular weight excluding hydrogens is 226 g/mol. The molecule has 1 saturated carbocycles. The lowest BCUT2D eigenvalue weighted by atomic mass is 9.85. The first kappa shape index (κ1) is 13.1. The lowest BCUT2D eigenvalue weighted by molar-refractivity contribution is -0.130. The lowest BCUT2D eigenvalue weighted by Gasteiger charge is -2.25. The molecule has 100 valence electrons. The minimum atomic E-state index is -0.305. The van der Waals surface area contributed by atoms with Gasteiger partial charge >= 0.3 is 0 Å². The minimum Gasteiger partial charge on any atom is -0.350 e. The smallest absolute Gasteiger partial charge is 0.227 e. The van der Waals surface area contributed by atoms with E-state index in [1.54, 1.807) is 0 Å². The van der Waals surface area contributed by atoms with E-state index in [1.807, 2.05) is 7.05 Å². The van der Waals surface area contributed by atoms with Crippen LogP contribution in [0.4, 0.5) is 0 Å². The van der Waals surface area contributed by atoms with Gasteiger partial charge in [-0.3, -0.25) is 4.79 Å². The summed E-state index contributed by atoms with van der Waals surface area (Å²) in [5, 5.41) is 3.05. The molecule has 2 rings (SSSR count). The van der Waals surface area contributed by atoms with Crippen LogP contribution in [0.5, 0.6) is 0 Å². The second-order valence-electron chi connectivity index (χ2n) is 5.40. The molecule has 3 N–H and O–H groups in total. The van der Waals surface area contributed by atoms with Gasteiger partial charge in [0.2, 0.25) is 5.91 Å². The molecule has 1 fully saturated rings. The lowest BCUT2D eigenvalue weighted by Crippen LogP contribution is -2.44. The van der Waals surface area contributed by atoms with E-state index < -0.39 is 0 Å². The van der Waals surface area contributed by atoms with Crippen molar-refractivity contribution < 1.29 is 4.79 Å². The quantitative estimate of drug-likeness (QED) is 0.849. The first-order valence-corrected chi connectivity index (χ1v) is 6.69. The Morgan fingerprint density at radius 1 is 1.44 bits per heavy atom. The molecule has 4 nitrogen and oxygen atoms in total. The Hall–Kier alpha value is -1.29. The summed E-state index contributed by atoms with van der Waals surface area (Å²) in [5.41, 5.74) is 7.83.